The van der Waals surface area contributed by atoms with Gasteiger partial charge in [-0.3, -0.25) is 4.90 Å². The van der Waals surface area contributed by atoms with Gasteiger partial charge in [-0.2, -0.15) is 0 Å². The molecule has 45 heavy (non-hydrogen) atoms. The smallest absolute Gasteiger partial charge is 0.410 e. The highest BCUT2D eigenvalue weighted by atomic mass is 16.6. The van der Waals surface area contributed by atoms with Crippen LogP contribution >= 0.6 is 0 Å². The highest BCUT2D eigenvalue weighted by Gasteiger charge is 2.45. The van der Waals surface area contributed by atoms with Crippen molar-refractivity contribution in [2.24, 2.45) is 5.92 Å². The number of nitrogens with zero attached hydrogens (tertiary/aromatic N) is 2. The van der Waals surface area contributed by atoms with Gasteiger partial charge < -0.3 is 23.8 Å². The Labute approximate surface area is 269 Å². The number of hydrogen-bond acceptors (Lipinski definition) is 6. The molecule has 7 nitrogen and oxygen atoms in total. The minimum absolute atomic E-state index is 0.0861. The van der Waals surface area contributed by atoms with Gasteiger partial charge in [0, 0.05) is 32.2 Å². The first-order chi connectivity index (χ1) is 21.7. The summed E-state index contributed by atoms with van der Waals surface area (Å²) in [4.78, 5) is 17.3. The average Bonchev–Trinajstić information content (AvgIpc) is 3.04. The summed E-state index contributed by atoms with van der Waals surface area (Å²) < 4.78 is 25.9. The van der Waals surface area contributed by atoms with Crippen LogP contribution in [-0.4, -0.2) is 72.0 Å². The van der Waals surface area contributed by atoms with Gasteiger partial charge in [-0.1, -0.05) is 91.0 Å². The Morgan fingerprint density at radius 2 is 1.24 bits per heavy atom. The van der Waals surface area contributed by atoms with E-state index in [2.05, 4.69) is 48.2 Å². The number of benzene rings is 3. The van der Waals surface area contributed by atoms with Gasteiger partial charge in [0.2, 0.25) is 0 Å². The third-order valence-electron chi connectivity index (χ3n) is 8.70. The van der Waals surface area contributed by atoms with Crippen molar-refractivity contribution in [1.29, 1.82) is 0 Å². The average molecular weight is 615 g/mol. The molecular weight excluding hydrogens is 564 g/mol. The maximum Gasteiger partial charge on any atom is 0.410 e. The van der Waals surface area contributed by atoms with E-state index in [4.69, 9.17) is 18.9 Å². The standard InChI is InChI=1S/C38H50N2O5/c1-29-35(43-27-31-17-10-6-11-18-31)36(44-28-32-19-12-7-13-20-32)34(42-26-30-15-8-5-9-16-30)25-40(29)24-33-21-14-22-39(23-33)37(41)45-38(2,3)4/h5-13,15-20,29,33-36H,14,21-28H2,1-4H3/t29-,33+,34+,35-,36-/m1/s1. The minimum Gasteiger partial charge on any atom is -0.444 e. The highest BCUT2D eigenvalue weighted by molar-refractivity contribution is 5.68. The Morgan fingerprint density at radius 3 is 1.78 bits per heavy atom. The fraction of sp³-hybridized carbons (Fsp3) is 0.500. The summed E-state index contributed by atoms with van der Waals surface area (Å²) in [6.45, 7) is 12.5. The molecule has 1 amide bonds. The van der Waals surface area contributed by atoms with Gasteiger partial charge in [0.25, 0.3) is 0 Å². The Kier molecular flexibility index (Phi) is 11.7. The van der Waals surface area contributed by atoms with Gasteiger partial charge in [-0.05, 0) is 63.1 Å². The van der Waals surface area contributed by atoms with E-state index in [9.17, 15) is 4.79 Å². The van der Waals surface area contributed by atoms with E-state index in [1.165, 1.54) is 0 Å². The molecule has 2 saturated heterocycles. The number of carbonyl (C=O) groups is 1. The number of hydrogen-bond donors (Lipinski definition) is 0. The molecule has 2 aliphatic rings. The maximum absolute atomic E-state index is 12.9. The Balaban J connectivity index is 1.35. The molecular formula is C38H50N2O5. The highest BCUT2D eigenvalue weighted by Crippen LogP contribution is 2.30. The van der Waals surface area contributed by atoms with E-state index in [0.29, 0.717) is 32.3 Å². The van der Waals surface area contributed by atoms with Crippen molar-refractivity contribution in [3.63, 3.8) is 0 Å². The molecule has 5 atom stereocenters. The predicted octanol–water partition coefficient (Wildman–Crippen LogP) is 7.09. The quantitative estimate of drug-likeness (QED) is 0.230. The molecule has 2 fully saturated rings. The van der Waals surface area contributed by atoms with Crippen molar-refractivity contribution in [3.05, 3.63) is 108 Å². The molecule has 242 valence electrons. The number of likely N-dealkylation sites (tertiary alicyclic amines) is 2. The fourth-order valence-corrected chi connectivity index (χ4v) is 6.37. The fourth-order valence-electron chi connectivity index (χ4n) is 6.37. The van der Waals surface area contributed by atoms with Gasteiger partial charge in [0.05, 0.1) is 25.9 Å². The van der Waals surface area contributed by atoms with Gasteiger partial charge >= 0.3 is 6.09 Å². The molecule has 5 rings (SSSR count). The van der Waals surface area contributed by atoms with E-state index in [1.54, 1.807) is 0 Å². The zero-order valence-electron chi connectivity index (χ0n) is 27.3. The first-order valence-corrected chi connectivity index (χ1v) is 16.4. The Morgan fingerprint density at radius 1 is 0.733 bits per heavy atom. The molecule has 0 N–H and O–H groups in total. The van der Waals surface area contributed by atoms with E-state index in [0.717, 1.165) is 49.2 Å². The van der Waals surface area contributed by atoms with Crippen molar-refractivity contribution in [3.8, 4) is 0 Å². The number of piperidine rings is 2. The third-order valence-corrected chi connectivity index (χ3v) is 8.70. The summed E-state index contributed by atoms with van der Waals surface area (Å²) in [5, 5.41) is 0. The number of amides is 1. The molecule has 0 spiro atoms. The lowest BCUT2D eigenvalue weighted by Gasteiger charge is -2.49. The summed E-state index contributed by atoms with van der Waals surface area (Å²) in [6.07, 6.45) is 1.15. The van der Waals surface area contributed by atoms with Crippen molar-refractivity contribution in [2.75, 3.05) is 26.2 Å². The second-order valence-electron chi connectivity index (χ2n) is 13.5. The maximum atomic E-state index is 12.9. The predicted molar refractivity (Wildman–Crippen MR) is 177 cm³/mol. The van der Waals surface area contributed by atoms with Crippen molar-refractivity contribution in [1.82, 2.24) is 9.80 Å². The van der Waals surface area contributed by atoms with Crippen LogP contribution in [0.1, 0.15) is 57.2 Å². The van der Waals surface area contributed by atoms with Crippen LogP contribution in [0, 0.1) is 5.92 Å². The monoisotopic (exact) mass is 614 g/mol. The van der Waals surface area contributed by atoms with E-state index in [1.807, 2.05) is 80.3 Å². The summed E-state index contributed by atoms with van der Waals surface area (Å²) in [5.74, 6) is 0.333. The largest absolute Gasteiger partial charge is 0.444 e. The van der Waals surface area contributed by atoms with Crippen LogP contribution in [-0.2, 0) is 38.8 Å². The van der Waals surface area contributed by atoms with Crippen LogP contribution in [0.25, 0.3) is 0 Å². The van der Waals surface area contributed by atoms with Crippen LogP contribution in [0.3, 0.4) is 0 Å². The summed E-state index contributed by atoms with van der Waals surface area (Å²) in [6, 6.07) is 31.0. The van der Waals surface area contributed by atoms with Crippen LogP contribution in [0.4, 0.5) is 4.79 Å². The van der Waals surface area contributed by atoms with E-state index >= 15 is 0 Å². The number of carbonyl (C=O) groups excluding carboxylic acids is 1. The van der Waals surface area contributed by atoms with Gasteiger partial charge in [0.1, 0.15) is 17.8 Å². The second-order valence-corrected chi connectivity index (χ2v) is 13.5. The molecule has 2 heterocycles. The lowest BCUT2D eigenvalue weighted by atomic mass is 9.90. The van der Waals surface area contributed by atoms with Gasteiger partial charge in [-0.25, -0.2) is 4.79 Å². The van der Waals surface area contributed by atoms with Crippen molar-refractivity contribution in [2.45, 2.75) is 90.3 Å². The molecule has 3 aromatic rings. The van der Waals surface area contributed by atoms with Crippen LogP contribution < -0.4 is 0 Å². The minimum atomic E-state index is -0.507. The summed E-state index contributed by atoms with van der Waals surface area (Å²) >= 11 is 0. The molecule has 0 aliphatic carbocycles. The molecule has 0 unspecified atom stereocenters. The topological polar surface area (TPSA) is 60.5 Å². The molecule has 0 saturated carbocycles. The Hall–Kier alpha value is -3.23. The van der Waals surface area contributed by atoms with Crippen molar-refractivity contribution >= 4 is 6.09 Å². The van der Waals surface area contributed by atoms with E-state index in [-0.39, 0.29) is 30.4 Å². The third kappa shape index (κ3) is 9.88. The lowest BCUT2D eigenvalue weighted by Crippen LogP contribution is -2.63. The molecule has 0 bridgehead atoms. The molecule has 2 aliphatic heterocycles. The van der Waals surface area contributed by atoms with Gasteiger partial charge in [-0.15, -0.1) is 0 Å². The van der Waals surface area contributed by atoms with Crippen LogP contribution in [0.15, 0.2) is 91.0 Å². The van der Waals surface area contributed by atoms with Crippen LogP contribution in [0.5, 0.6) is 0 Å². The lowest BCUT2D eigenvalue weighted by molar-refractivity contribution is -0.202. The van der Waals surface area contributed by atoms with Gasteiger partial charge in [0.15, 0.2) is 0 Å². The first-order valence-electron chi connectivity index (χ1n) is 16.4. The molecule has 0 radical (unpaired) electrons. The molecule has 7 heteroatoms. The normalized spacial score (nSPS) is 24.4. The number of ether oxygens (including phenoxy) is 4. The second kappa shape index (κ2) is 15.9. The Bertz CT molecular complexity index is 1300. The van der Waals surface area contributed by atoms with E-state index < -0.39 is 5.60 Å². The first kappa shape index (κ1) is 33.1. The summed E-state index contributed by atoms with van der Waals surface area (Å²) in [5.41, 5.74) is 2.88. The molecule has 3 aromatic carbocycles. The zero-order valence-corrected chi connectivity index (χ0v) is 27.3. The van der Waals surface area contributed by atoms with Crippen molar-refractivity contribution < 1.29 is 23.7 Å². The summed E-state index contributed by atoms with van der Waals surface area (Å²) in [7, 11) is 0. The SMILES string of the molecule is C[C@@H]1[C@@H](OCc2ccccc2)[C@H](OCc2ccccc2)[C@@H](OCc2ccccc2)CN1C[C@H]1CCCN(C(=O)OC(C)(C)C)C1. The number of rotatable bonds is 11. The van der Waals surface area contributed by atoms with Crippen LogP contribution in [0.2, 0.25) is 0 Å². The molecule has 0 aromatic heterocycles. The zero-order chi connectivity index (χ0) is 31.6.